The average Bonchev–Trinajstić information content (AvgIpc) is 3.31. The topological polar surface area (TPSA) is 87.5 Å². The second kappa shape index (κ2) is 9.40. The number of halogens is 2. The number of hydrogen-bond donors (Lipinski definition) is 2. The Hall–Kier alpha value is -3.21. The van der Waals surface area contributed by atoms with Crippen LogP contribution >= 0.6 is 0 Å². The first-order chi connectivity index (χ1) is 19.4. The fraction of sp³-hybridized carbons (Fsp3) is 0.516. The van der Waals surface area contributed by atoms with E-state index in [-0.39, 0.29) is 30.4 Å². The van der Waals surface area contributed by atoms with Gasteiger partial charge in [-0.2, -0.15) is 4.98 Å². The molecule has 2 N–H and O–H groups in total. The molecule has 2 aliphatic carbocycles. The molecule has 1 saturated heterocycles. The Bertz CT molecular complexity index is 1390. The molecule has 2 aromatic rings. The van der Waals surface area contributed by atoms with Crippen molar-refractivity contribution in [2.75, 3.05) is 47.9 Å². The van der Waals surface area contributed by atoms with Gasteiger partial charge in [0, 0.05) is 35.6 Å². The first kappa shape index (κ1) is 27.9. The predicted octanol–water partition coefficient (Wildman–Crippen LogP) is 3.55. The number of ether oxygens (including phenoxy) is 3. The van der Waals surface area contributed by atoms with Gasteiger partial charge in [0.15, 0.2) is 11.2 Å². The number of nitrogens with zero attached hydrogens (tertiary/aromatic N) is 3. The molecule has 6 rings (SSSR count). The van der Waals surface area contributed by atoms with E-state index < -0.39 is 40.5 Å². The lowest BCUT2D eigenvalue weighted by atomic mass is 9.57. The third-order valence-electron chi connectivity index (χ3n) is 9.40. The molecule has 2 aliphatic heterocycles. The second-order valence-corrected chi connectivity index (χ2v) is 12.2. The van der Waals surface area contributed by atoms with Crippen LogP contribution in [0.3, 0.4) is 0 Å². The Balaban J connectivity index is 1.57. The predicted molar refractivity (Wildman–Crippen MR) is 148 cm³/mol. The summed E-state index contributed by atoms with van der Waals surface area (Å²) in [5.41, 5.74) is -2.36. The molecule has 1 unspecified atom stereocenters. The summed E-state index contributed by atoms with van der Waals surface area (Å²) < 4.78 is 45.5. The van der Waals surface area contributed by atoms with E-state index in [1.54, 1.807) is 11.0 Å². The van der Waals surface area contributed by atoms with E-state index >= 15 is 0 Å². The lowest BCUT2D eigenvalue weighted by Crippen LogP contribution is -2.63. The smallest absolute Gasteiger partial charge is 0.282 e. The van der Waals surface area contributed by atoms with Crippen molar-refractivity contribution >= 4 is 0 Å². The largest absolute Gasteiger partial charge is 0.481 e. The minimum absolute atomic E-state index is 0.113. The van der Waals surface area contributed by atoms with Gasteiger partial charge in [-0.05, 0) is 32.2 Å². The molecule has 0 amide bonds. The number of likely N-dealkylation sites (tertiary alicyclic amines) is 1. The van der Waals surface area contributed by atoms with Crippen molar-refractivity contribution in [3.8, 4) is 17.5 Å². The van der Waals surface area contributed by atoms with Gasteiger partial charge in [-0.3, -0.25) is 0 Å². The Morgan fingerprint density at radius 2 is 1.85 bits per heavy atom. The highest BCUT2D eigenvalue weighted by atomic mass is 19.3. The maximum Gasteiger partial charge on any atom is 0.282 e. The highest BCUT2D eigenvalue weighted by Crippen LogP contribution is 2.72. The summed E-state index contributed by atoms with van der Waals surface area (Å²) in [5.74, 6) is -2.93. The zero-order chi connectivity index (χ0) is 29.4. The summed E-state index contributed by atoms with van der Waals surface area (Å²) in [5, 5.41) is 25.3. The zero-order valence-electron chi connectivity index (χ0n) is 24.0. The first-order valence-electron chi connectivity index (χ1n) is 13.9. The summed E-state index contributed by atoms with van der Waals surface area (Å²) in [6.45, 7) is 1.82. The van der Waals surface area contributed by atoms with Crippen molar-refractivity contribution in [3.63, 3.8) is 0 Å². The second-order valence-electron chi connectivity index (χ2n) is 12.2. The molecule has 41 heavy (non-hydrogen) atoms. The van der Waals surface area contributed by atoms with Gasteiger partial charge in [-0.15, -0.1) is 0 Å². The van der Waals surface area contributed by atoms with Gasteiger partial charge in [-0.25, -0.2) is 8.78 Å². The van der Waals surface area contributed by atoms with Gasteiger partial charge in [0.05, 0.1) is 39.0 Å². The molecule has 1 aromatic carbocycles. The summed E-state index contributed by atoms with van der Waals surface area (Å²) >= 11 is 0. The van der Waals surface area contributed by atoms with Crippen LogP contribution in [-0.4, -0.2) is 90.6 Å². The normalized spacial score (nSPS) is 34.9. The highest BCUT2D eigenvalue weighted by Gasteiger charge is 2.80. The SMILES string of the molecule is COc1cc2c(c(OC)n1)[C@]1(O)[C@H](O)[C@H](CN(C)C)[C@@H](c3ccccc3)[C@]1(C1(C)C=CC(N3CC(F)(F)C3)=CC1)O2. The van der Waals surface area contributed by atoms with Crippen LogP contribution in [0.25, 0.3) is 0 Å². The Labute approximate surface area is 238 Å². The lowest BCUT2D eigenvalue weighted by Gasteiger charge is -2.52. The molecule has 0 radical (unpaired) electrons. The van der Waals surface area contributed by atoms with Crippen LogP contribution in [0.4, 0.5) is 8.78 Å². The fourth-order valence-corrected chi connectivity index (χ4v) is 7.66. The number of pyridine rings is 1. The maximum atomic E-state index is 13.7. The van der Waals surface area contributed by atoms with Crippen molar-refractivity contribution in [3.05, 3.63) is 71.5 Å². The molecule has 4 aliphatic rings. The van der Waals surface area contributed by atoms with Crippen LogP contribution in [-0.2, 0) is 5.60 Å². The number of aliphatic hydroxyl groups excluding tert-OH is 1. The van der Waals surface area contributed by atoms with Gasteiger partial charge in [0.2, 0.25) is 11.8 Å². The van der Waals surface area contributed by atoms with Crippen molar-refractivity contribution < 1.29 is 33.2 Å². The van der Waals surface area contributed by atoms with Crippen molar-refractivity contribution in [1.29, 1.82) is 0 Å². The Kier molecular flexibility index (Phi) is 6.41. The highest BCUT2D eigenvalue weighted by molar-refractivity contribution is 5.59. The van der Waals surface area contributed by atoms with Crippen LogP contribution in [0.1, 0.15) is 30.4 Å². The van der Waals surface area contributed by atoms with Crippen LogP contribution in [0.15, 0.2) is 60.3 Å². The number of aliphatic hydroxyl groups is 2. The van der Waals surface area contributed by atoms with Crippen molar-refractivity contribution in [2.24, 2.45) is 11.3 Å². The van der Waals surface area contributed by atoms with E-state index in [4.69, 9.17) is 14.2 Å². The Morgan fingerprint density at radius 1 is 1.15 bits per heavy atom. The van der Waals surface area contributed by atoms with Gasteiger partial charge in [0.25, 0.3) is 5.92 Å². The first-order valence-corrected chi connectivity index (χ1v) is 13.9. The number of allylic oxidation sites excluding steroid dienone is 2. The van der Waals surface area contributed by atoms with E-state index in [9.17, 15) is 19.0 Å². The molecule has 2 fully saturated rings. The number of benzene rings is 1. The molecular weight excluding hydrogens is 532 g/mol. The van der Waals surface area contributed by atoms with E-state index in [0.29, 0.717) is 24.4 Å². The summed E-state index contributed by atoms with van der Waals surface area (Å²) in [6, 6.07) is 11.4. The third-order valence-corrected chi connectivity index (χ3v) is 9.40. The van der Waals surface area contributed by atoms with Gasteiger partial charge in [0.1, 0.15) is 5.75 Å². The van der Waals surface area contributed by atoms with Crippen LogP contribution in [0, 0.1) is 11.3 Å². The summed E-state index contributed by atoms with van der Waals surface area (Å²) in [4.78, 5) is 8.10. The molecule has 1 saturated carbocycles. The lowest BCUT2D eigenvalue weighted by molar-refractivity contribution is -0.185. The molecule has 0 spiro atoms. The number of methoxy groups -OCH3 is 2. The molecule has 3 heterocycles. The molecule has 10 heteroatoms. The quantitative estimate of drug-likeness (QED) is 0.524. The number of alkyl halides is 2. The van der Waals surface area contributed by atoms with Gasteiger partial charge >= 0.3 is 0 Å². The van der Waals surface area contributed by atoms with E-state index in [2.05, 4.69) is 4.98 Å². The molecular formula is C31H37F2N3O5. The summed E-state index contributed by atoms with van der Waals surface area (Å²) in [6.07, 6.45) is 4.84. The Morgan fingerprint density at radius 3 is 2.41 bits per heavy atom. The molecule has 220 valence electrons. The van der Waals surface area contributed by atoms with E-state index in [1.165, 1.54) is 14.2 Å². The van der Waals surface area contributed by atoms with Crippen LogP contribution < -0.4 is 14.2 Å². The third kappa shape index (κ3) is 3.83. The van der Waals surface area contributed by atoms with Crippen LogP contribution in [0.5, 0.6) is 17.5 Å². The number of aromatic nitrogens is 1. The molecule has 0 bridgehead atoms. The summed E-state index contributed by atoms with van der Waals surface area (Å²) in [7, 11) is 6.81. The standard InChI is InChI=1S/C31H37F2N3O5/c1-28(13-11-20(12-14-28)36-17-29(32,33)18-36)31-24(19-9-7-6-8-10-19)21(16-35(2)3)26(37)30(31,38)25-22(41-31)15-23(39-4)34-27(25)40-5/h6-13,15,21,24,26,37-38H,14,16-18H2,1-5H3/t21-,24-,26-,28?,30+,31-/m1/s1. The fourth-order valence-electron chi connectivity index (χ4n) is 7.66. The maximum absolute atomic E-state index is 13.7. The minimum Gasteiger partial charge on any atom is -0.481 e. The van der Waals surface area contributed by atoms with Crippen molar-refractivity contribution in [2.45, 2.75) is 42.5 Å². The van der Waals surface area contributed by atoms with E-state index in [0.717, 1.165) is 5.56 Å². The minimum atomic E-state index is -2.69. The molecule has 1 aromatic heterocycles. The van der Waals surface area contributed by atoms with E-state index in [1.807, 2.05) is 74.5 Å². The van der Waals surface area contributed by atoms with Gasteiger partial charge < -0.3 is 34.2 Å². The average molecular weight is 570 g/mol. The molecule has 6 atom stereocenters. The zero-order valence-corrected chi connectivity index (χ0v) is 24.0. The number of rotatable bonds is 7. The number of fused-ring (bicyclic) bond motifs is 3. The van der Waals surface area contributed by atoms with Crippen molar-refractivity contribution in [1.82, 2.24) is 14.8 Å². The van der Waals surface area contributed by atoms with Crippen LogP contribution in [0.2, 0.25) is 0 Å². The molecule has 8 nitrogen and oxygen atoms in total. The monoisotopic (exact) mass is 569 g/mol. The van der Waals surface area contributed by atoms with Gasteiger partial charge in [-0.1, -0.05) is 49.4 Å². The number of hydrogen-bond acceptors (Lipinski definition) is 8.